The second kappa shape index (κ2) is 8.60. The van der Waals surface area contributed by atoms with Crippen molar-refractivity contribution in [1.82, 2.24) is 9.80 Å². The van der Waals surface area contributed by atoms with Gasteiger partial charge in [-0.2, -0.15) is 0 Å². The Bertz CT molecular complexity index is 367. The number of rotatable bonds is 8. The van der Waals surface area contributed by atoms with Gasteiger partial charge in [-0.25, -0.2) is 0 Å². The number of carbonyl (C=O) groups is 4. The molecule has 114 valence electrons. The number of halogens is 2. The van der Waals surface area contributed by atoms with Crippen LogP contribution in [-0.4, -0.2) is 74.8 Å². The first-order valence-electron chi connectivity index (χ1n) is 5.39. The zero-order valence-electron chi connectivity index (χ0n) is 10.6. The average molecular weight is 329 g/mol. The standard InChI is InChI=1S/C10H14Cl2N2O6/c1-6(13(4-9(17)18)7(15)2-11)14(5-10(19)20)8(16)3-12/h6H,2-5H2,1H3,(H,17,18)(H,19,20). The molecule has 0 aromatic rings. The first-order chi connectivity index (χ1) is 9.24. The predicted octanol–water partition coefficient (Wildman–Crippen LogP) is -0.364. The minimum Gasteiger partial charge on any atom is -0.480 e. The number of carbonyl (C=O) groups excluding carboxylic acids is 2. The molecule has 0 saturated carbocycles. The van der Waals surface area contributed by atoms with E-state index < -0.39 is 54.8 Å². The van der Waals surface area contributed by atoms with E-state index in [9.17, 15) is 19.2 Å². The Balaban J connectivity index is 5.26. The summed E-state index contributed by atoms with van der Waals surface area (Å²) < 4.78 is 0. The van der Waals surface area contributed by atoms with Crippen LogP contribution >= 0.6 is 23.2 Å². The fraction of sp³-hybridized carbons (Fsp3) is 0.600. The maximum atomic E-state index is 11.6. The Hall–Kier alpha value is -1.54. The van der Waals surface area contributed by atoms with Gasteiger partial charge in [-0.3, -0.25) is 19.2 Å². The highest BCUT2D eigenvalue weighted by Gasteiger charge is 2.30. The number of carboxylic acids is 2. The molecule has 0 radical (unpaired) electrons. The molecule has 0 rings (SSSR count). The number of alkyl halides is 2. The largest absolute Gasteiger partial charge is 0.480 e. The molecule has 8 nitrogen and oxygen atoms in total. The lowest BCUT2D eigenvalue weighted by molar-refractivity contribution is -0.155. The summed E-state index contributed by atoms with van der Waals surface area (Å²) in [5, 5.41) is 17.5. The Morgan fingerprint density at radius 3 is 1.40 bits per heavy atom. The molecule has 0 spiro atoms. The number of amides is 2. The van der Waals surface area contributed by atoms with Gasteiger partial charge >= 0.3 is 11.9 Å². The van der Waals surface area contributed by atoms with Crippen LogP contribution in [0.2, 0.25) is 0 Å². The lowest BCUT2D eigenvalue weighted by atomic mass is 10.3. The fourth-order valence-corrected chi connectivity index (χ4v) is 1.78. The van der Waals surface area contributed by atoms with Crippen molar-refractivity contribution in [1.29, 1.82) is 0 Å². The molecule has 0 saturated heterocycles. The van der Waals surface area contributed by atoms with Crippen molar-refractivity contribution in [2.45, 2.75) is 13.1 Å². The third-order valence-electron chi connectivity index (χ3n) is 2.38. The zero-order valence-corrected chi connectivity index (χ0v) is 12.1. The molecule has 0 heterocycles. The van der Waals surface area contributed by atoms with Crippen molar-refractivity contribution in [2.75, 3.05) is 24.8 Å². The quantitative estimate of drug-likeness (QED) is 0.464. The Morgan fingerprint density at radius 1 is 0.900 bits per heavy atom. The SMILES string of the molecule is CC(N(CC(=O)O)C(=O)CCl)N(CC(=O)O)C(=O)CCl. The number of hydrogen-bond acceptors (Lipinski definition) is 4. The third kappa shape index (κ3) is 5.62. The lowest BCUT2D eigenvalue weighted by Crippen LogP contribution is -2.55. The molecule has 0 unspecified atom stereocenters. The summed E-state index contributed by atoms with van der Waals surface area (Å²) in [7, 11) is 0. The fourth-order valence-electron chi connectivity index (χ4n) is 1.47. The van der Waals surface area contributed by atoms with E-state index in [0.29, 0.717) is 0 Å². The van der Waals surface area contributed by atoms with E-state index in [4.69, 9.17) is 33.4 Å². The van der Waals surface area contributed by atoms with Crippen molar-refractivity contribution in [3.63, 3.8) is 0 Å². The molecule has 0 bridgehead atoms. The molecule has 0 atom stereocenters. The molecule has 0 aliphatic heterocycles. The second-order valence-corrected chi connectivity index (χ2v) is 4.26. The van der Waals surface area contributed by atoms with Crippen LogP contribution in [0.5, 0.6) is 0 Å². The van der Waals surface area contributed by atoms with Gasteiger partial charge in [0.25, 0.3) is 0 Å². The van der Waals surface area contributed by atoms with E-state index in [2.05, 4.69) is 0 Å². The van der Waals surface area contributed by atoms with Gasteiger partial charge in [0.05, 0.1) is 0 Å². The van der Waals surface area contributed by atoms with Gasteiger partial charge in [0.2, 0.25) is 11.8 Å². The summed E-state index contributed by atoms with van der Waals surface area (Å²) in [6.07, 6.45) is -1.10. The minimum atomic E-state index is -1.32. The van der Waals surface area contributed by atoms with Gasteiger partial charge in [-0.05, 0) is 6.92 Å². The Morgan fingerprint density at radius 2 is 1.20 bits per heavy atom. The zero-order chi connectivity index (χ0) is 15.9. The molecule has 2 amide bonds. The summed E-state index contributed by atoms with van der Waals surface area (Å²) in [6.45, 7) is -0.0996. The summed E-state index contributed by atoms with van der Waals surface area (Å²) in [6, 6.07) is 0. The molecule has 10 heteroatoms. The monoisotopic (exact) mass is 328 g/mol. The van der Waals surface area contributed by atoms with Crippen LogP contribution in [0, 0.1) is 0 Å². The highest BCUT2D eigenvalue weighted by molar-refractivity contribution is 6.28. The molecule has 0 fully saturated rings. The van der Waals surface area contributed by atoms with Gasteiger partial charge < -0.3 is 20.0 Å². The van der Waals surface area contributed by atoms with Crippen LogP contribution in [0.4, 0.5) is 0 Å². The normalized spacial score (nSPS) is 10.2. The number of hydrogen-bond donors (Lipinski definition) is 2. The van der Waals surface area contributed by atoms with E-state index in [-0.39, 0.29) is 0 Å². The first-order valence-corrected chi connectivity index (χ1v) is 6.45. The van der Waals surface area contributed by atoms with E-state index in [1.165, 1.54) is 6.92 Å². The van der Waals surface area contributed by atoms with Crippen molar-refractivity contribution >= 4 is 47.0 Å². The molecule has 2 N–H and O–H groups in total. The molecule has 0 aliphatic rings. The van der Waals surface area contributed by atoms with Crippen LogP contribution < -0.4 is 0 Å². The maximum Gasteiger partial charge on any atom is 0.323 e. The average Bonchev–Trinajstić information content (AvgIpc) is 2.39. The second-order valence-electron chi connectivity index (χ2n) is 3.73. The number of nitrogens with zero attached hydrogens (tertiary/aromatic N) is 2. The third-order valence-corrected chi connectivity index (χ3v) is 2.84. The molecular weight excluding hydrogens is 315 g/mol. The molecular formula is C10H14Cl2N2O6. The summed E-state index contributed by atoms with van der Waals surface area (Å²) in [5.74, 6) is -5.09. The van der Waals surface area contributed by atoms with Crippen molar-refractivity contribution in [3.8, 4) is 0 Å². The number of aliphatic carboxylic acids is 2. The minimum absolute atomic E-state index is 0.492. The highest BCUT2D eigenvalue weighted by Crippen LogP contribution is 2.09. The van der Waals surface area contributed by atoms with Crippen LogP contribution in [0.1, 0.15) is 6.92 Å². The van der Waals surface area contributed by atoms with Crippen LogP contribution in [0.25, 0.3) is 0 Å². The van der Waals surface area contributed by atoms with Crippen molar-refractivity contribution in [2.24, 2.45) is 0 Å². The Kier molecular flexibility index (Phi) is 7.93. The van der Waals surface area contributed by atoms with Gasteiger partial charge in [-0.15, -0.1) is 23.2 Å². The summed E-state index contributed by atoms with van der Waals surface area (Å²) in [4.78, 5) is 46.3. The first kappa shape index (κ1) is 18.5. The van der Waals surface area contributed by atoms with Crippen LogP contribution in [-0.2, 0) is 19.2 Å². The van der Waals surface area contributed by atoms with Crippen LogP contribution in [0.3, 0.4) is 0 Å². The summed E-state index contributed by atoms with van der Waals surface area (Å²) in [5.41, 5.74) is 0. The smallest absolute Gasteiger partial charge is 0.323 e. The van der Waals surface area contributed by atoms with Gasteiger partial charge in [0, 0.05) is 0 Å². The molecule has 0 aromatic carbocycles. The highest BCUT2D eigenvalue weighted by atomic mass is 35.5. The molecule has 0 aliphatic carbocycles. The van der Waals surface area contributed by atoms with E-state index in [1.807, 2.05) is 0 Å². The predicted molar refractivity (Wildman–Crippen MR) is 69.6 cm³/mol. The van der Waals surface area contributed by atoms with Gasteiger partial charge in [-0.1, -0.05) is 0 Å². The van der Waals surface area contributed by atoms with E-state index in [1.54, 1.807) is 0 Å². The molecule has 0 aromatic heterocycles. The van der Waals surface area contributed by atoms with Gasteiger partial charge in [0.15, 0.2) is 0 Å². The Labute approximate surface area is 124 Å². The van der Waals surface area contributed by atoms with Crippen LogP contribution in [0.15, 0.2) is 0 Å². The number of carboxylic acid groups (broad SMARTS) is 2. The molecule has 20 heavy (non-hydrogen) atoms. The topological polar surface area (TPSA) is 115 Å². The van der Waals surface area contributed by atoms with Crippen molar-refractivity contribution < 1.29 is 29.4 Å². The summed E-state index contributed by atoms with van der Waals surface area (Å²) >= 11 is 10.7. The van der Waals surface area contributed by atoms with Crippen molar-refractivity contribution in [3.05, 3.63) is 0 Å². The van der Waals surface area contributed by atoms with Gasteiger partial charge in [0.1, 0.15) is 31.0 Å². The van der Waals surface area contributed by atoms with E-state index in [0.717, 1.165) is 9.80 Å². The van der Waals surface area contributed by atoms with E-state index >= 15 is 0 Å². The maximum absolute atomic E-state index is 11.6. The lowest BCUT2D eigenvalue weighted by Gasteiger charge is -2.35.